The smallest absolute Gasteiger partial charge is 0.0411 e. The molecule has 0 saturated heterocycles. The lowest BCUT2D eigenvalue weighted by atomic mass is 10.0. The van der Waals surface area contributed by atoms with Crippen molar-refractivity contribution in [2.45, 2.75) is 33.4 Å². The maximum Gasteiger partial charge on any atom is 0.0411 e. The van der Waals surface area contributed by atoms with E-state index in [-0.39, 0.29) is 0 Å². The van der Waals surface area contributed by atoms with E-state index in [1.807, 2.05) is 18.2 Å². The van der Waals surface area contributed by atoms with Crippen LogP contribution in [0.4, 0.5) is 0 Å². The second-order valence-electron chi connectivity index (χ2n) is 3.92. The fourth-order valence-electron chi connectivity index (χ4n) is 1.57. The Morgan fingerprint density at radius 2 is 1.93 bits per heavy atom. The van der Waals surface area contributed by atoms with Crippen molar-refractivity contribution in [2.75, 3.05) is 0 Å². The summed E-state index contributed by atoms with van der Waals surface area (Å²) >= 11 is 5.98. The molecule has 1 N–H and O–H groups in total. The van der Waals surface area contributed by atoms with Gasteiger partial charge in [-0.05, 0) is 49.6 Å². The van der Waals surface area contributed by atoms with Crippen molar-refractivity contribution in [2.24, 2.45) is 0 Å². The van der Waals surface area contributed by atoms with Crippen molar-refractivity contribution in [3.05, 3.63) is 46.5 Å². The summed E-state index contributed by atoms with van der Waals surface area (Å²) in [5, 5.41) is 4.20. The van der Waals surface area contributed by atoms with Crippen LogP contribution in [0.3, 0.4) is 0 Å². The van der Waals surface area contributed by atoms with Gasteiger partial charge in [0.2, 0.25) is 0 Å². The number of benzene rings is 1. The number of rotatable bonds is 4. The average molecular weight is 224 g/mol. The van der Waals surface area contributed by atoms with E-state index in [4.69, 9.17) is 11.6 Å². The predicted molar refractivity (Wildman–Crippen MR) is 67.4 cm³/mol. The van der Waals surface area contributed by atoms with Crippen LogP contribution >= 0.6 is 11.6 Å². The molecule has 1 rings (SSSR count). The number of hydrogen-bond acceptors (Lipinski definition) is 1. The van der Waals surface area contributed by atoms with Gasteiger partial charge in [0.1, 0.15) is 0 Å². The van der Waals surface area contributed by atoms with Crippen LogP contribution in [0.2, 0.25) is 5.02 Å². The molecule has 1 atom stereocenters. The minimum atomic E-state index is 0.333. The van der Waals surface area contributed by atoms with E-state index in [0.717, 1.165) is 11.6 Å². The summed E-state index contributed by atoms with van der Waals surface area (Å²) in [4.78, 5) is 0. The van der Waals surface area contributed by atoms with Gasteiger partial charge in [0.05, 0.1) is 0 Å². The summed E-state index contributed by atoms with van der Waals surface area (Å²) in [6.07, 6.45) is 1.90. The number of nitrogens with one attached hydrogen (secondary N) is 1. The first-order chi connectivity index (χ1) is 7.04. The second kappa shape index (κ2) is 5.34. The molecule has 0 bridgehead atoms. The van der Waals surface area contributed by atoms with Crippen LogP contribution in [0.5, 0.6) is 0 Å². The van der Waals surface area contributed by atoms with Crippen LogP contribution in [0.15, 0.2) is 24.8 Å². The maximum absolute atomic E-state index is 5.98. The maximum atomic E-state index is 5.98. The first-order valence-corrected chi connectivity index (χ1v) is 5.54. The van der Waals surface area contributed by atoms with Gasteiger partial charge in [-0.1, -0.05) is 17.7 Å². The molecule has 0 spiro atoms. The fourth-order valence-corrected chi connectivity index (χ4v) is 1.89. The molecule has 1 aromatic rings. The SMILES string of the molecule is C=CC(C)NCc1c(C)cc(Cl)cc1C. The van der Waals surface area contributed by atoms with E-state index in [9.17, 15) is 0 Å². The molecular formula is C13H18ClN. The molecule has 82 valence electrons. The lowest BCUT2D eigenvalue weighted by Gasteiger charge is -2.14. The molecule has 0 radical (unpaired) electrons. The number of halogens is 1. The molecule has 1 unspecified atom stereocenters. The Balaban J connectivity index is 2.81. The van der Waals surface area contributed by atoms with Crippen molar-refractivity contribution in [1.82, 2.24) is 5.32 Å². The summed E-state index contributed by atoms with van der Waals surface area (Å²) in [5.41, 5.74) is 3.81. The van der Waals surface area contributed by atoms with Crippen LogP contribution in [0.1, 0.15) is 23.6 Å². The summed E-state index contributed by atoms with van der Waals surface area (Å²) < 4.78 is 0. The van der Waals surface area contributed by atoms with E-state index in [1.165, 1.54) is 16.7 Å². The Kier molecular flexibility index (Phi) is 4.37. The Morgan fingerprint density at radius 1 is 1.40 bits per heavy atom. The Bertz CT molecular complexity index is 335. The van der Waals surface area contributed by atoms with Crippen LogP contribution in [0.25, 0.3) is 0 Å². The van der Waals surface area contributed by atoms with Gasteiger partial charge in [-0.15, -0.1) is 6.58 Å². The highest BCUT2D eigenvalue weighted by Crippen LogP contribution is 2.19. The van der Waals surface area contributed by atoms with Crippen LogP contribution in [-0.2, 0) is 6.54 Å². The molecule has 0 aliphatic carbocycles. The largest absolute Gasteiger partial charge is 0.307 e. The summed E-state index contributed by atoms with van der Waals surface area (Å²) in [6.45, 7) is 10.9. The molecule has 0 aliphatic heterocycles. The third-order valence-corrected chi connectivity index (χ3v) is 2.83. The average Bonchev–Trinajstić information content (AvgIpc) is 2.15. The van der Waals surface area contributed by atoms with Gasteiger partial charge in [-0.2, -0.15) is 0 Å². The topological polar surface area (TPSA) is 12.0 Å². The van der Waals surface area contributed by atoms with Gasteiger partial charge < -0.3 is 5.32 Å². The van der Waals surface area contributed by atoms with Gasteiger partial charge >= 0.3 is 0 Å². The summed E-state index contributed by atoms with van der Waals surface area (Å²) in [7, 11) is 0. The minimum absolute atomic E-state index is 0.333. The molecule has 15 heavy (non-hydrogen) atoms. The highest BCUT2D eigenvalue weighted by atomic mass is 35.5. The quantitative estimate of drug-likeness (QED) is 0.769. The predicted octanol–water partition coefficient (Wildman–Crippen LogP) is 3.62. The summed E-state index contributed by atoms with van der Waals surface area (Å²) in [6, 6.07) is 4.34. The lowest BCUT2D eigenvalue weighted by molar-refractivity contribution is 0.630. The Hall–Kier alpha value is -0.790. The van der Waals surface area contributed by atoms with Crippen molar-refractivity contribution >= 4 is 11.6 Å². The number of hydrogen-bond donors (Lipinski definition) is 1. The van der Waals surface area contributed by atoms with Crippen LogP contribution < -0.4 is 5.32 Å². The van der Waals surface area contributed by atoms with Gasteiger partial charge in [0.15, 0.2) is 0 Å². The third kappa shape index (κ3) is 3.37. The zero-order valence-corrected chi connectivity index (χ0v) is 10.4. The molecule has 0 heterocycles. The minimum Gasteiger partial charge on any atom is -0.307 e. The third-order valence-electron chi connectivity index (χ3n) is 2.62. The zero-order chi connectivity index (χ0) is 11.4. The Morgan fingerprint density at radius 3 is 2.40 bits per heavy atom. The highest BCUT2D eigenvalue weighted by molar-refractivity contribution is 6.30. The molecule has 2 heteroatoms. The van der Waals surface area contributed by atoms with Crippen molar-refractivity contribution < 1.29 is 0 Å². The molecule has 1 aromatic carbocycles. The first-order valence-electron chi connectivity index (χ1n) is 5.16. The van der Waals surface area contributed by atoms with E-state index in [2.05, 4.69) is 32.7 Å². The van der Waals surface area contributed by atoms with E-state index in [0.29, 0.717) is 6.04 Å². The Labute approximate surface area is 97.1 Å². The first kappa shape index (κ1) is 12.3. The standard InChI is InChI=1S/C13H18ClN/c1-5-11(4)15-8-13-9(2)6-12(14)7-10(13)3/h5-7,11,15H,1,8H2,2-4H3. The van der Waals surface area contributed by atoms with E-state index < -0.39 is 0 Å². The summed E-state index contributed by atoms with van der Waals surface area (Å²) in [5.74, 6) is 0. The number of aryl methyl sites for hydroxylation is 2. The highest BCUT2D eigenvalue weighted by Gasteiger charge is 2.05. The van der Waals surface area contributed by atoms with Crippen LogP contribution in [0, 0.1) is 13.8 Å². The molecule has 0 fully saturated rings. The van der Waals surface area contributed by atoms with Crippen molar-refractivity contribution in [1.29, 1.82) is 0 Å². The molecule has 0 saturated carbocycles. The monoisotopic (exact) mass is 223 g/mol. The van der Waals surface area contributed by atoms with Crippen LogP contribution in [-0.4, -0.2) is 6.04 Å². The van der Waals surface area contributed by atoms with E-state index in [1.54, 1.807) is 0 Å². The van der Waals surface area contributed by atoms with Gasteiger partial charge in [-0.25, -0.2) is 0 Å². The normalized spacial score (nSPS) is 12.5. The molecule has 0 amide bonds. The lowest BCUT2D eigenvalue weighted by Crippen LogP contribution is -2.23. The molecule has 0 aliphatic rings. The molecular weight excluding hydrogens is 206 g/mol. The van der Waals surface area contributed by atoms with Crippen molar-refractivity contribution in [3.63, 3.8) is 0 Å². The van der Waals surface area contributed by atoms with Crippen molar-refractivity contribution in [3.8, 4) is 0 Å². The van der Waals surface area contributed by atoms with Gasteiger partial charge in [0.25, 0.3) is 0 Å². The van der Waals surface area contributed by atoms with Gasteiger partial charge in [0, 0.05) is 17.6 Å². The molecule has 1 nitrogen and oxygen atoms in total. The zero-order valence-electron chi connectivity index (χ0n) is 9.60. The van der Waals surface area contributed by atoms with E-state index >= 15 is 0 Å². The molecule has 0 aromatic heterocycles. The fraction of sp³-hybridized carbons (Fsp3) is 0.385. The van der Waals surface area contributed by atoms with Gasteiger partial charge in [-0.3, -0.25) is 0 Å². The second-order valence-corrected chi connectivity index (χ2v) is 4.36.